The molecule has 1 aromatic heterocycles. The number of nitrogens with one attached hydrogen (secondary N) is 1. The summed E-state index contributed by atoms with van der Waals surface area (Å²) in [7, 11) is 0. The van der Waals surface area contributed by atoms with Crippen molar-refractivity contribution < 1.29 is 4.74 Å². The summed E-state index contributed by atoms with van der Waals surface area (Å²) in [4.78, 5) is 2.45. The fraction of sp³-hybridized carbons (Fsp3) is 0.500. The molecule has 0 spiro atoms. The summed E-state index contributed by atoms with van der Waals surface area (Å²) in [6.45, 7) is 4.76. The van der Waals surface area contributed by atoms with Crippen LogP contribution in [0.25, 0.3) is 0 Å². The quantitative estimate of drug-likeness (QED) is 0.909. The maximum atomic E-state index is 5.80. The molecule has 3 N–H and O–H groups in total. The van der Waals surface area contributed by atoms with Gasteiger partial charge in [-0.3, -0.25) is 10.00 Å². The number of aromatic amines is 1. The Kier molecular flexibility index (Phi) is 3.83. The van der Waals surface area contributed by atoms with Crippen molar-refractivity contribution in [1.82, 2.24) is 15.1 Å². The molecule has 2 aromatic rings. The van der Waals surface area contributed by atoms with E-state index in [9.17, 15) is 0 Å². The Morgan fingerprint density at radius 3 is 2.48 bits per heavy atom. The SMILES string of the molecule is Nc1cc(C2(c3ccc(CN4CCOCC4)cc3)CCC2)[nH]n1. The van der Waals surface area contributed by atoms with E-state index in [4.69, 9.17) is 10.5 Å². The van der Waals surface area contributed by atoms with Crippen LogP contribution >= 0.6 is 0 Å². The van der Waals surface area contributed by atoms with Gasteiger partial charge in [0.25, 0.3) is 0 Å². The van der Waals surface area contributed by atoms with E-state index in [-0.39, 0.29) is 5.41 Å². The van der Waals surface area contributed by atoms with Gasteiger partial charge in [-0.05, 0) is 24.0 Å². The van der Waals surface area contributed by atoms with Gasteiger partial charge >= 0.3 is 0 Å². The van der Waals surface area contributed by atoms with Crippen LogP contribution in [0.15, 0.2) is 30.3 Å². The molecule has 1 aromatic carbocycles. The zero-order valence-electron chi connectivity index (χ0n) is 13.4. The first-order chi connectivity index (χ1) is 11.3. The van der Waals surface area contributed by atoms with Gasteiger partial charge in [-0.1, -0.05) is 30.7 Å². The number of hydrogen-bond donors (Lipinski definition) is 2. The molecule has 0 unspecified atom stereocenters. The zero-order chi connectivity index (χ0) is 15.7. The largest absolute Gasteiger partial charge is 0.382 e. The van der Waals surface area contributed by atoms with Crippen LogP contribution in [0.1, 0.15) is 36.1 Å². The molecule has 1 saturated heterocycles. The van der Waals surface area contributed by atoms with Crippen LogP contribution < -0.4 is 5.73 Å². The number of morpholine rings is 1. The summed E-state index contributed by atoms with van der Waals surface area (Å²) in [5.74, 6) is 0.579. The topological polar surface area (TPSA) is 67.2 Å². The van der Waals surface area contributed by atoms with Crippen molar-refractivity contribution in [3.8, 4) is 0 Å². The smallest absolute Gasteiger partial charge is 0.145 e. The Bertz CT molecular complexity index is 654. The van der Waals surface area contributed by atoms with Crippen molar-refractivity contribution in [3.05, 3.63) is 47.2 Å². The highest BCUT2D eigenvalue weighted by Gasteiger charge is 2.41. The minimum Gasteiger partial charge on any atom is -0.382 e. The van der Waals surface area contributed by atoms with Crippen molar-refractivity contribution in [2.75, 3.05) is 32.0 Å². The first kappa shape index (κ1) is 14.7. The third-order valence-corrected chi connectivity index (χ3v) is 5.34. The first-order valence-corrected chi connectivity index (χ1v) is 8.47. The van der Waals surface area contributed by atoms with Crippen LogP contribution in [0.4, 0.5) is 5.82 Å². The van der Waals surface area contributed by atoms with Crippen molar-refractivity contribution >= 4 is 5.82 Å². The fourth-order valence-corrected chi connectivity index (χ4v) is 3.77. The van der Waals surface area contributed by atoms with Crippen LogP contribution in [-0.4, -0.2) is 41.4 Å². The number of aromatic nitrogens is 2. The van der Waals surface area contributed by atoms with Crippen LogP contribution in [0, 0.1) is 0 Å². The lowest BCUT2D eigenvalue weighted by atomic mass is 9.62. The molecule has 5 heteroatoms. The van der Waals surface area contributed by atoms with Crippen LogP contribution in [0.3, 0.4) is 0 Å². The molecule has 0 bridgehead atoms. The van der Waals surface area contributed by atoms with E-state index >= 15 is 0 Å². The van der Waals surface area contributed by atoms with E-state index < -0.39 is 0 Å². The van der Waals surface area contributed by atoms with Crippen molar-refractivity contribution in [3.63, 3.8) is 0 Å². The minimum absolute atomic E-state index is 0.0854. The molecule has 4 rings (SSSR count). The van der Waals surface area contributed by atoms with Gasteiger partial charge in [0, 0.05) is 36.8 Å². The second kappa shape index (κ2) is 5.98. The molecular weight excluding hydrogens is 288 g/mol. The third kappa shape index (κ3) is 2.75. The average Bonchev–Trinajstić information content (AvgIpc) is 2.96. The molecule has 122 valence electrons. The van der Waals surface area contributed by atoms with Crippen LogP contribution in [-0.2, 0) is 16.7 Å². The van der Waals surface area contributed by atoms with Gasteiger partial charge < -0.3 is 10.5 Å². The van der Waals surface area contributed by atoms with Gasteiger partial charge in [-0.25, -0.2) is 0 Å². The van der Waals surface area contributed by atoms with E-state index in [0.717, 1.165) is 51.4 Å². The highest BCUT2D eigenvalue weighted by molar-refractivity contribution is 5.43. The summed E-state index contributed by atoms with van der Waals surface area (Å²) in [5, 5.41) is 7.25. The zero-order valence-corrected chi connectivity index (χ0v) is 13.4. The summed E-state index contributed by atoms with van der Waals surface area (Å²) in [5.41, 5.74) is 9.79. The maximum absolute atomic E-state index is 5.80. The summed E-state index contributed by atoms with van der Waals surface area (Å²) >= 11 is 0. The maximum Gasteiger partial charge on any atom is 0.145 e. The molecule has 2 fully saturated rings. The van der Waals surface area contributed by atoms with Crippen molar-refractivity contribution in [2.45, 2.75) is 31.2 Å². The second-order valence-electron chi connectivity index (χ2n) is 6.73. The number of benzene rings is 1. The van der Waals surface area contributed by atoms with Crippen molar-refractivity contribution in [1.29, 1.82) is 0 Å². The molecule has 0 radical (unpaired) electrons. The fourth-order valence-electron chi connectivity index (χ4n) is 3.77. The number of hydrogen-bond acceptors (Lipinski definition) is 4. The van der Waals surface area contributed by atoms with Gasteiger partial charge in [-0.2, -0.15) is 5.10 Å². The first-order valence-electron chi connectivity index (χ1n) is 8.47. The van der Waals surface area contributed by atoms with Gasteiger partial charge in [0.05, 0.1) is 13.2 Å². The van der Waals surface area contributed by atoms with E-state index in [1.807, 2.05) is 6.07 Å². The standard InChI is InChI=1S/C18H24N4O/c19-17-12-16(20-21-17)18(6-1-7-18)15-4-2-14(3-5-15)13-22-8-10-23-11-9-22/h2-5,12H,1,6-11,13H2,(H3,19,20,21). The van der Waals surface area contributed by atoms with E-state index in [2.05, 4.69) is 39.4 Å². The number of anilines is 1. The predicted molar refractivity (Wildman–Crippen MR) is 90.2 cm³/mol. The molecule has 23 heavy (non-hydrogen) atoms. The predicted octanol–water partition coefficient (Wildman–Crippen LogP) is 2.29. The van der Waals surface area contributed by atoms with Gasteiger partial charge in [0.15, 0.2) is 0 Å². The molecule has 0 amide bonds. The highest BCUT2D eigenvalue weighted by atomic mass is 16.5. The number of nitrogens with two attached hydrogens (primary N) is 1. The second-order valence-corrected chi connectivity index (χ2v) is 6.73. The van der Waals surface area contributed by atoms with Gasteiger partial charge in [0.1, 0.15) is 5.82 Å². The molecule has 2 heterocycles. The number of rotatable bonds is 4. The monoisotopic (exact) mass is 312 g/mol. The molecule has 1 aliphatic carbocycles. The Morgan fingerprint density at radius 1 is 1.17 bits per heavy atom. The molecule has 0 atom stereocenters. The number of H-pyrrole nitrogens is 1. The lowest BCUT2D eigenvalue weighted by molar-refractivity contribution is 0.0342. The van der Waals surface area contributed by atoms with Crippen molar-refractivity contribution in [2.24, 2.45) is 0 Å². The Labute approximate surface area is 136 Å². The van der Waals surface area contributed by atoms with Crippen LogP contribution in [0.2, 0.25) is 0 Å². The summed E-state index contributed by atoms with van der Waals surface area (Å²) in [6, 6.07) is 11.1. The number of nitrogen functional groups attached to an aromatic ring is 1. The van der Waals surface area contributed by atoms with E-state index in [0.29, 0.717) is 5.82 Å². The lowest BCUT2D eigenvalue weighted by Gasteiger charge is -2.41. The molecule has 5 nitrogen and oxygen atoms in total. The Balaban J connectivity index is 1.52. The lowest BCUT2D eigenvalue weighted by Crippen LogP contribution is -2.36. The third-order valence-electron chi connectivity index (χ3n) is 5.34. The normalized spacial score (nSPS) is 21.0. The molecule has 1 aliphatic heterocycles. The average molecular weight is 312 g/mol. The van der Waals surface area contributed by atoms with Crippen LogP contribution in [0.5, 0.6) is 0 Å². The summed E-state index contributed by atoms with van der Waals surface area (Å²) in [6.07, 6.45) is 3.59. The van der Waals surface area contributed by atoms with Gasteiger partial charge in [-0.15, -0.1) is 0 Å². The molecular formula is C18H24N4O. The van der Waals surface area contributed by atoms with E-state index in [1.54, 1.807) is 0 Å². The summed E-state index contributed by atoms with van der Waals surface area (Å²) < 4.78 is 5.41. The Hall–Kier alpha value is -1.85. The Morgan fingerprint density at radius 2 is 1.91 bits per heavy atom. The minimum atomic E-state index is 0.0854. The number of ether oxygens (including phenoxy) is 1. The molecule has 2 aliphatic rings. The van der Waals surface area contributed by atoms with Gasteiger partial charge in [0.2, 0.25) is 0 Å². The van der Waals surface area contributed by atoms with E-state index in [1.165, 1.54) is 17.5 Å². The molecule has 1 saturated carbocycles. The highest BCUT2D eigenvalue weighted by Crippen LogP contribution is 2.48. The number of nitrogens with zero attached hydrogens (tertiary/aromatic N) is 2.